The van der Waals surface area contributed by atoms with Crippen LogP contribution in [0.15, 0.2) is 47.7 Å². The molecule has 2 aromatic rings. The summed E-state index contributed by atoms with van der Waals surface area (Å²) in [6.07, 6.45) is 7.57. The number of aromatic nitrogens is 2. The molecule has 1 aromatic heterocycles. The normalized spacial score (nSPS) is 15.5. The Balaban J connectivity index is 0.00000176. The number of halogens is 1. The average molecular weight is 411 g/mol. The van der Waals surface area contributed by atoms with E-state index in [0.717, 1.165) is 24.3 Å². The Labute approximate surface area is 148 Å². The number of hydrogen-bond donors (Lipinski definition) is 1. The van der Waals surface area contributed by atoms with Gasteiger partial charge in [-0.05, 0) is 31.4 Å². The number of nitrogens with two attached hydrogens (primary N) is 1. The van der Waals surface area contributed by atoms with Crippen molar-refractivity contribution >= 4 is 29.9 Å². The van der Waals surface area contributed by atoms with E-state index in [1.54, 1.807) is 0 Å². The van der Waals surface area contributed by atoms with Crippen molar-refractivity contribution in [2.45, 2.75) is 25.8 Å². The lowest BCUT2D eigenvalue weighted by Gasteiger charge is -2.27. The molecule has 0 saturated carbocycles. The van der Waals surface area contributed by atoms with Crippen LogP contribution in [0.5, 0.6) is 0 Å². The highest BCUT2D eigenvalue weighted by Gasteiger charge is 2.11. The Morgan fingerprint density at radius 1 is 1.14 bits per heavy atom. The van der Waals surface area contributed by atoms with Crippen LogP contribution < -0.4 is 5.73 Å². The molecule has 0 atom stereocenters. The second-order valence-corrected chi connectivity index (χ2v) is 5.35. The lowest BCUT2D eigenvalue weighted by Crippen LogP contribution is -2.40. The Morgan fingerprint density at radius 3 is 2.59 bits per heavy atom. The van der Waals surface area contributed by atoms with Gasteiger partial charge in [-0.15, -0.1) is 24.0 Å². The van der Waals surface area contributed by atoms with Crippen molar-refractivity contribution in [2.24, 2.45) is 10.7 Å². The summed E-state index contributed by atoms with van der Waals surface area (Å²) in [5.41, 5.74) is 8.18. The minimum atomic E-state index is 0. The molecule has 0 radical (unpaired) electrons. The van der Waals surface area contributed by atoms with Crippen molar-refractivity contribution < 1.29 is 0 Å². The van der Waals surface area contributed by atoms with E-state index in [-0.39, 0.29) is 24.0 Å². The Bertz CT molecular complexity index is 602. The van der Waals surface area contributed by atoms with Gasteiger partial charge in [0, 0.05) is 24.8 Å². The Morgan fingerprint density at radius 2 is 1.86 bits per heavy atom. The van der Waals surface area contributed by atoms with E-state index in [1.165, 1.54) is 19.3 Å². The number of benzene rings is 1. The van der Waals surface area contributed by atoms with Crippen LogP contribution in [0.25, 0.3) is 5.69 Å². The highest BCUT2D eigenvalue weighted by atomic mass is 127. The zero-order valence-electron chi connectivity index (χ0n) is 12.6. The summed E-state index contributed by atoms with van der Waals surface area (Å²) in [4.78, 5) is 6.66. The zero-order chi connectivity index (χ0) is 14.5. The minimum Gasteiger partial charge on any atom is -0.370 e. The third kappa shape index (κ3) is 4.22. The van der Waals surface area contributed by atoms with E-state index in [1.807, 2.05) is 47.4 Å². The maximum absolute atomic E-state index is 6.06. The summed E-state index contributed by atoms with van der Waals surface area (Å²) in [6.45, 7) is 2.63. The molecule has 1 aromatic carbocycles. The van der Waals surface area contributed by atoms with Gasteiger partial charge in [-0.2, -0.15) is 5.10 Å². The van der Waals surface area contributed by atoms with E-state index in [4.69, 9.17) is 5.73 Å². The van der Waals surface area contributed by atoms with Crippen molar-refractivity contribution in [3.8, 4) is 5.69 Å². The second-order valence-electron chi connectivity index (χ2n) is 5.35. The first-order valence-electron chi connectivity index (χ1n) is 7.47. The molecule has 0 bridgehead atoms. The minimum absolute atomic E-state index is 0. The molecule has 118 valence electrons. The van der Waals surface area contributed by atoms with Crippen molar-refractivity contribution in [2.75, 3.05) is 13.1 Å². The van der Waals surface area contributed by atoms with Crippen molar-refractivity contribution in [1.29, 1.82) is 0 Å². The lowest BCUT2D eigenvalue weighted by molar-refractivity contribution is 0.338. The van der Waals surface area contributed by atoms with E-state index >= 15 is 0 Å². The van der Waals surface area contributed by atoms with Crippen LogP contribution in [0, 0.1) is 0 Å². The number of nitrogens with zero attached hydrogens (tertiary/aromatic N) is 4. The first kappa shape index (κ1) is 16.8. The number of piperidine rings is 1. The summed E-state index contributed by atoms with van der Waals surface area (Å²) in [6, 6.07) is 10.1. The van der Waals surface area contributed by atoms with Gasteiger partial charge in [-0.3, -0.25) is 0 Å². The highest BCUT2D eigenvalue weighted by Crippen LogP contribution is 2.10. The molecule has 1 saturated heterocycles. The number of likely N-dealkylation sites (tertiary alicyclic amines) is 1. The predicted octanol–water partition coefficient (Wildman–Crippen LogP) is 2.79. The van der Waals surface area contributed by atoms with Gasteiger partial charge < -0.3 is 10.6 Å². The summed E-state index contributed by atoms with van der Waals surface area (Å²) in [7, 11) is 0. The molecular formula is C16H22IN5. The molecule has 0 aliphatic carbocycles. The van der Waals surface area contributed by atoms with Gasteiger partial charge in [0.1, 0.15) is 0 Å². The fraction of sp³-hybridized carbons (Fsp3) is 0.375. The van der Waals surface area contributed by atoms with Gasteiger partial charge in [0.2, 0.25) is 0 Å². The van der Waals surface area contributed by atoms with Crippen molar-refractivity contribution in [1.82, 2.24) is 14.7 Å². The largest absolute Gasteiger partial charge is 0.370 e. The van der Waals surface area contributed by atoms with E-state index in [0.29, 0.717) is 12.5 Å². The van der Waals surface area contributed by atoms with Crippen LogP contribution in [0.3, 0.4) is 0 Å². The van der Waals surface area contributed by atoms with Gasteiger partial charge >= 0.3 is 0 Å². The third-order valence-corrected chi connectivity index (χ3v) is 3.76. The molecule has 3 rings (SSSR count). The second kappa shape index (κ2) is 8.17. The van der Waals surface area contributed by atoms with Crippen LogP contribution in [-0.2, 0) is 6.54 Å². The average Bonchev–Trinajstić information content (AvgIpc) is 3.03. The summed E-state index contributed by atoms with van der Waals surface area (Å²) >= 11 is 0. The summed E-state index contributed by atoms with van der Waals surface area (Å²) < 4.78 is 1.86. The monoisotopic (exact) mass is 411 g/mol. The molecule has 22 heavy (non-hydrogen) atoms. The summed E-state index contributed by atoms with van der Waals surface area (Å²) in [5.74, 6) is 0.655. The highest BCUT2D eigenvalue weighted by molar-refractivity contribution is 14.0. The Hall–Kier alpha value is -1.57. The molecule has 0 spiro atoms. The van der Waals surface area contributed by atoms with Gasteiger partial charge in [0.25, 0.3) is 0 Å². The van der Waals surface area contributed by atoms with E-state index in [9.17, 15) is 0 Å². The number of para-hydroxylation sites is 1. The Kier molecular flexibility index (Phi) is 6.23. The lowest BCUT2D eigenvalue weighted by atomic mass is 10.1. The number of rotatable bonds is 3. The molecule has 1 aliphatic heterocycles. The first-order valence-corrected chi connectivity index (χ1v) is 7.47. The topological polar surface area (TPSA) is 59.4 Å². The molecule has 2 heterocycles. The van der Waals surface area contributed by atoms with Crippen LogP contribution in [-0.4, -0.2) is 33.7 Å². The molecular weight excluding hydrogens is 389 g/mol. The van der Waals surface area contributed by atoms with E-state index < -0.39 is 0 Å². The molecule has 1 fully saturated rings. The van der Waals surface area contributed by atoms with Crippen molar-refractivity contribution in [3.05, 3.63) is 48.3 Å². The fourth-order valence-corrected chi connectivity index (χ4v) is 2.56. The molecule has 5 nitrogen and oxygen atoms in total. The van der Waals surface area contributed by atoms with Crippen LogP contribution in [0.1, 0.15) is 24.8 Å². The van der Waals surface area contributed by atoms with E-state index in [2.05, 4.69) is 15.0 Å². The number of aliphatic imine (C=N–C) groups is 1. The van der Waals surface area contributed by atoms with Gasteiger partial charge in [0.05, 0.1) is 18.4 Å². The molecule has 0 unspecified atom stereocenters. The molecule has 1 aliphatic rings. The maximum Gasteiger partial charge on any atom is 0.191 e. The molecule has 2 N–H and O–H groups in total. The van der Waals surface area contributed by atoms with Crippen LogP contribution in [0.4, 0.5) is 0 Å². The summed E-state index contributed by atoms with van der Waals surface area (Å²) in [5, 5.41) is 4.37. The van der Waals surface area contributed by atoms with Crippen LogP contribution >= 0.6 is 24.0 Å². The standard InChI is InChI=1S/C16H21N5.HI/c17-16(20-9-5-2-6-10-20)18-11-14-12-19-21(13-14)15-7-3-1-4-8-15;/h1,3-4,7-8,12-13H,2,5-6,9-11H2,(H2,17,18);1H. The smallest absolute Gasteiger partial charge is 0.191 e. The first-order chi connectivity index (χ1) is 10.3. The van der Waals surface area contributed by atoms with Gasteiger partial charge in [-0.25, -0.2) is 9.67 Å². The number of guanidine groups is 1. The predicted molar refractivity (Wildman–Crippen MR) is 99.7 cm³/mol. The molecule has 6 heteroatoms. The van der Waals surface area contributed by atoms with Gasteiger partial charge in [-0.1, -0.05) is 18.2 Å². The zero-order valence-corrected chi connectivity index (χ0v) is 14.9. The number of hydrogen-bond acceptors (Lipinski definition) is 2. The van der Waals surface area contributed by atoms with Crippen LogP contribution in [0.2, 0.25) is 0 Å². The third-order valence-electron chi connectivity index (χ3n) is 3.76. The fourth-order valence-electron chi connectivity index (χ4n) is 2.56. The maximum atomic E-state index is 6.06. The van der Waals surface area contributed by atoms with Crippen molar-refractivity contribution in [3.63, 3.8) is 0 Å². The molecule has 0 amide bonds. The SMILES string of the molecule is I.NC(=NCc1cnn(-c2ccccc2)c1)N1CCCCC1. The quantitative estimate of drug-likeness (QED) is 0.480. The van der Waals surface area contributed by atoms with Gasteiger partial charge in [0.15, 0.2) is 5.96 Å².